The van der Waals surface area contributed by atoms with E-state index in [1.54, 1.807) is 6.07 Å². The normalized spacial score (nSPS) is 9.57. The first-order valence-electron chi connectivity index (χ1n) is 3.96. The van der Waals surface area contributed by atoms with Crippen molar-refractivity contribution in [2.24, 2.45) is 0 Å². The van der Waals surface area contributed by atoms with Crippen molar-refractivity contribution < 1.29 is 19.4 Å². The summed E-state index contributed by atoms with van der Waals surface area (Å²) in [6.45, 7) is 0. The minimum atomic E-state index is -0.955. The molecule has 0 aliphatic carbocycles. The van der Waals surface area contributed by atoms with Gasteiger partial charge < -0.3 is 14.6 Å². The second-order valence-electron chi connectivity index (χ2n) is 2.56. The van der Waals surface area contributed by atoms with Crippen LogP contribution < -0.4 is 9.47 Å². The first-order chi connectivity index (χ1) is 6.69. The van der Waals surface area contributed by atoms with E-state index in [2.05, 4.69) is 4.98 Å². The molecule has 1 aromatic rings. The van der Waals surface area contributed by atoms with E-state index < -0.39 is 5.97 Å². The molecule has 1 heterocycles. The Labute approximate surface area is 81.3 Å². The maximum Gasteiger partial charge on any atom is 0.309 e. The van der Waals surface area contributed by atoms with Crippen molar-refractivity contribution in [2.45, 2.75) is 6.42 Å². The average Bonchev–Trinajstić information content (AvgIpc) is 2.16. The monoisotopic (exact) mass is 197 g/mol. The zero-order valence-electron chi connectivity index (χ0n) is 7.98. The van der Waals surface area contributed by atoms with Gasteiger partial charge in [-0.05, 0) is 0 Å². The largest absolute Gasteiger partial charge is 0.493 e. The first-order valence-corrected chi connectivity index (χ1v) is 3.96. The summed E-state index contributed by atoms with van der Waals surface area (Å²) < 4.78 is 10.0. The third-order valence-corrected chi connectivity index (χ3v) is 1.68. The molecule has 1 rings (SSSR count). The Morgan fingerprint density at radius 2 is 2.21 bits per heavy atom. The molecule has 0 spiro atoms. The van der Waals surface area contributed by atoms with E-state index in [4.69, 9.17) is 14.6 Å². The van der Waals surface area contributed by atoms with Gasteiger partial charge in [0.25, 0.3) is 0 Å². The predicted octanol–water partition coefficient (Wildman–Crippen LogP) is 0.726. The number of ether oxygens (including phenoxy) is 2. The fourth-order valence-electron chi connectivity index (χ4n) is 1.12. The summed E-state index contributed by atoms with van der Waals surface area (Å²) in [6, 6.07) is 1.62. The maximum absolute atomic E-state index is 10.5. The van der Waals surface area contributed by atoms with Gasteiger partial charge in [0.05, 0.1) is 26.3 Å². The molecule has 0 saturated carbocycles. The van der Waals surface area contributed by atoms with Crippen molar-refractivity contribution in [2.75, 3.05) is 14.2 Å². The molecule has 0 radical (unpaired) electrons. The molecule has 5 nitrogen and oxygen atoms in total. The summed E-state index contributed by atoms with van der Waals surface area (Å²) in [7, 11) is 2.94. The standard InChI is InChI=1S/C9H11NO4/c1-13-7-3-4-10-6(5-8(11)12)9(7)14-2/h3-4H,5H2,1-2H3,(H,11,12). The average molecular weight is 197 g/mol. The van der Waals surface area contributed by atoms with E-state index in [-0.39, 0.29) is 6.42 Å². The number of hydrogen-bond acceptors (Lipinski definition) is 4. The van der Waals surface area contributed by atoms with Gasteiger partial charge in [-0.1, -0.05) is 0 Å². The maximum atomic E-state index is 10.5. The number of aliphatic carboxylic acids is 1. The van der Waals surface area contributed by atoms with Crippen LogP contribution in [0.2, 0.25) is 0 Å². The number of carbonyl (C=O) groups is 1. The molecule has 0 saturated heterocycles. The second kappa shape index (κ2) is 4.45. The quantitative estimate of drug-likeness (QED) is 0.770. The highest BCUT2D eigenvalue weighted by molar-refractivity contribution is 5.71. The van der Waals surface area contributed by atoms with Gasteiger partial charge in [0.2, 0.25) is 0 Å². The second-order valence-corrected chi connectivity index (χ2v) is 2.56. The molecule has 1 N–H and O–H groups in total. The Morgan fingerprint density at radius 1 is 1.50 bits per heavy atom. The minimum Gasteiger partial charge on any atom is -0.493 e. The molecular formula is C9H11NO4. The topological polar surface area (TPSA) is 68.7 Å². The zero-order chi connectivity index (χ0) is 10.6. The molecule has 0 bridgehead atoms. The van der Waals surface area contributed by atoms with Gasteiger partial charge in [0.1, 0.15) is 0 Å². The van der Waals surface area contributed by atoms with Gasteiger partial charge >= 0.3 is 5.97 Å². The van der Waals surface area contributed by atoms with E-state index in [1.165, 1.54) is 20.4 Å². The summed E-state index contributed by atoms with van der Waals surface area (Å²) in [4.78, 5) is 14.4. The lowest BCUT2D eigenvalue weighted by Gasteiger charge is -2.09. The Bertz CT molecular complexity index is 338. The highest BCUT2D eigenvalue weighted by Crippen LogP contribution is 2.28. The summed E-state index contributed by atoms with van der Waals surface area (Å²) in [5.74, 6) is -0.0970. The lowest BCUT2D eigenvalue weighted by atomic mass is 10.2. The Hall–Kier alpha value is -1.78. The van der Waals surface area contributed by atoms with Crippen molar-refractivity contribution in [3.8, 4) is 11.5 Å². The SMILES string of the molecule is COc1ccnc(CC(=O)O)c1OC. The number of nitrogens with zero attached hydrogens (tertiary/aromatic N) is 1. The van der Waals surface area contributed by atoms with Crippen molar-refractivity contribution in [3.63, 3.8) is 0 Å². The van der Waals surface area contributed by atoms with Crippen LogP contribution in [0.5, 0.6) is 11.5 Å². The summed E-state index contributed by atoms with van der Waals surface area (Å²) in [5, 5.41) is 8.61. The minimum absolute atomic E-state index is 0.180. The van der Waals surface area contributed by atoms with Gasteiger partial charge in [-0.15, -0.1) is 0 Å². The van der Waals surface area contributed by atoms with E-state index in [1.807, 2.05) is 0 Å². The van der Waals surface area contributed by atoms with Gasteiger partial charge in [-0.25, -0.2) is 0 Å². The number of methoxy groups -OCH3 is 2. The van der Waals surface area contributed by atoms with Crippen LogP contribution in [0.1, 0.15) is 5.69 Å². The number of carboxylic acid groups (broad SMARTS) is 1. The van der Waals surface area contributed by atoms with Crippen LogP contribution >= 0.6 is 0 Å². The lowest BCUT2D eigenvalue weighted by Crippen LogP contribution is -2.05. The molecule has 1 aromatic heterocycles. The molecule has 14 heavy (non-hydrogen) atoms. The molecule has 5 heteroatoms. The van der Waals surface area contributed by atoms with Gasteiger partial charge in [0, 0.05) is 12.3 Å². The number of rotatable bonds is 4. The van der Waals surface area contributed by atoms with E-state index >= 15 is 0 Å². The van der Waals surface area contributed by atoms with Gasteiger partial charge in [-0.3, -0.25) is 9.78 Å². The molecular weight excluding hydrogens is 186 g/mol. The molecule has 0 aliphatic rings. The Kier molecular flexibility index (Phi) is 3.28. The van der Waals surface area contributed by atoms with Crippen LogP contribution in [0.4, 0.5) is 0 Å². The third-order valence-electron chi connectivity index (χ3n) is 1.68. The summed E-state index contributed by atoms with van der Waals surface area (Å²) >= 11 is 0. The zero-order valence-corrected chi connectivity index (χ0v) is 7.98. The van der Waals surface area contributed by atoms with Crippen molar-refractivity contribution in [1.29, 1.82) is 0 Å². The van der Waals surface area contributed by atoms with Crippen molar-refractivity contribution in [3.05, 3.63) is 18.0 Å². The number of hydrogen-bond donors (Lipinski definition) is 1. The van der Waals surface area contributed by atoms with E-state index in [0.29, 0.717) is 17.2 Å². The lowest BCUT2D eigenvalue weighted by molar-refractivity contribution is -0.136. The van der Waals surface area contributed by atoms with Crippen LogP contribution in [0.25, 0.3) is 0 Å². The van der Waals surface area contributed by atoms with Gasteiger partial charge in [-0.2, -0.15) is 0 Å². The highest BCUT2D eigenvalue weighted by Gasteiger charge is 2.13. The molecule has 0 aromatic carbocycles. The molecule has 0 fully saturated rings. The number of carboxylic acids is 1. The molecule has 0 atom stereocenters. The van der Waals surface area contributed by atoms with E-state index in [9.17, 15) is 4.79 Å². The highest BCUT2D eigenvalue weighted by atomic mass is 16.5. The molecule has 0 unspecified atom stereocenters. The Morgan fingerprint density at radius 3 is 2.71 bits per heavy atom. The van der Waals surface area contributed by atoms with Crippen LogP contribution in [0.15, 0.2) is 12.3 Å². The smallest absolute Gasteiger partial charge is 0.309 e. The number of pyridine rings is 1. The Balaban J connectivity index is 3.08. The van der Waals surface area contributed by atoms with Crippen LogP contribution in [0, 0.1) is 0 Å². The predicted molar refractivity (Wildman–Crippen MR) is 48.7 cm³/mol. The van der Waals surface area contributed by atoms with Crippen LogP contribution in [0.3, 0.4) is 0 Å². The van der Waals surface area contributed by atoms with E-state index in [0.717, 1.165) is 0 Å². The number of aromatic nitrogens is 1. The third kappa shape index (κ3) is 2.12. The fourth-order valence-corrected chi connectivity index (χ4v) is 1.12. The first kappa shape index (κ1) is 10.3. The molecule has 0 amide bonds. The summed E-state index contributed by atoms with van der Waals surface area (Å²) in [5.41, 5.74) is 0.361. The fraction of sp³-hybridized carbons (Fsp3) is 0.333. The van der Waals surface area contributed by atoms with Crippen molar-refractivity contribution in [1.82, 2.24) is 4.98 Å². The van der Waals surface area contributed by atoms with Gasteiger partial charge in [0.15, 0.2) is 11.5 Å². The van der Waals surface area contributed by atoms with Crippen molar-refractivity contribution >= 4 is 5.97 Å². The molecule has 0 aliphatic heterocycles. The van der Waals surface area contributed by atoms with Crippen LogP contribution in [-0.2, 0) is 11.2 Å². The van der Waals surface area contributed by atoms with Crippen LogP contribution in [-0.4, -0.2) is 30.3 Å². The molecule has 76 valence electrons. The summed E-state index contributed by atoms with van der Waals surface area (Å²) in [6.07, 6.45) is 1.31.